The van der Waals surface area contributed by atoms with Gasteiger partial charge in [-0.15, -0.1) is 0 Å². The Morgan fingerprint density at radius 3 is 2.26 bits per heavy atom. The molecular formula is C34H47BO4. The van der Waals surface area contributed by atoms with E-state index >= 15 is 0 Å². The van der Waals surface area contributed by atoms with Crippen LogP contribution in [0.4, 0.5) is 0 Å². The van der Waals surface area contributed by atoms with Crippen molar-refractivity contribution in [3.8, 4) is 0 Å². The highest BCUT2D eigenvalue weighted by Crippen LogP contribution is 2.40. The van der Waals surface area contributed by atoms with Gasteiger partial charge in [0.25, 0.3) is 0 Å². The van der Waals surface area contributed by atoms with Crippen molar-refractivity contribution in [2.45, 2.75) is 110 Å². The quantitative estimate of drug-likeness (QED) is 0.208. The number of carboxylic acids is 1. The van der Waals surface area contributed by atoms with Gasteiger partial charge in [-0.3, -0.25) is 0 Å². The summed E-state index contributed by atoms with van der Waals surface area (Å²) < 4.78 is 12.7. The van der Waals surface area contributed by atoms with Gasteiger partial charge in [-0.2, -0.15) is 0 Å². The van der Waals surface area contributed by atoms with Gasteiger partial charge in [0, 0.05) is 0 Å². The second-order valence-corrected chi connectivity index (χ2v) is 12.3. The lowest BCUT2D eigenvalue weighted by Crippen LogP contribution is -2.41. The SMILES string of the molecule is CC(C)=CCCC(C)=CCc1cc(CCCC(CB2OC(C)(C)C(C)(C)O2)c2ccccc2)ccc1C(=O)O. The molecule has 0 spiro atoms. The van der Waals surface area contributed by atoms with Crippen LogP contribution >= 0.6 is 0 Å². The first-order chi connectivity index (χ1) is 18.4. The predicted molar refractivity (Wildman–Crippen MR) is 163 cm³/mol. The van der Waals surface area contributed by atoms with Crippen LogP contribution in [-0.4, -0.2) is 29.4 Å². The Bertz CT molecular complexity index is 1140. The van der Waals surface area contributed by atoms with E-state index in [0.29, 0.717) is 17.9 Å². The van der Waals surface area contributed by atoms with Crippen LogP contribution in [0.15, 0.2) is 71.8 Å². The Morgan fingerprint density at radius 2 is 1.64 bits per heavy atom. The van der Waals surface area contributed by atoms with Crippen molar-refractivity contribution < 1.29 is 19.2 Å². The molecule has 0 bridgehead atoms. The van der Waals surface area contributed by atoms with Gasteiger partial charge in [0.2, 0.25) is 0 Å². The fourth-order valence-electron chi connectivity index (χ4n) is 5.15. The van der Waals surface area contributed by atoms with E-state index < -0.39 is 5.97 Å². The summed E-state index contributed by atoms with van der Waals surface area (Å²) in [5.41, 5.74) is 5.74. The molecule has 2 aromatic carbocycles. The van der Waals surface area contributed by atoms with E-state index in [4.69, 9.17) is 9.31 Å². The van der Waals surface area contributed by atoms with Crippen molar-refractivity contribution in [3.63, 3.8) is 0 Å². The minimum atomic E-state index is -0.862. The molecule has 4 nitrogen and oxygen atoms in total. The van der Waals surface area contributed by atoms with Crippen LogP contribution in [0.2, 0.25) is 6.32 Å². The second-order valence-electron chi connectivity index (χ2n) is 12.3. The molecular weight excluding hydrogens is 483 g/mol. The molecule has 0 aliphatic carbocycles. The highest BCUT2D eigenvalue weighted by Gasteiger charge is 2.51. The molecule has 0 amide bonds. The largest absolute Gasteiger partial charge is 0.478 e. The number of aryl methyl sites for hydroxylation is 1. The van der Waals surface area contributed by atoms with Crippen LogP contribution < -0.4 is 0 Å². The summed E-state index contributed by atoms with van der Waals surface area (Å²) in [5.74, 6) is -0.538. The molecule has 5 heteroatoms. The molecule has 2 aromatic rings. The lowest BCUT2D eigenvalue weighted by molar-refractivity contribution is 0.00578. The number of allylic oxidation sites excluding steroid dienone is 4. The number of benzene rings is 2. The summed E-state index contributed by atoms with van der Waals surface area (Å²) in [4.78, 5) is 11.9. The summed E-state index contributed by atoms with van der Waals surface area (Å²) >= 11 is 0. The van der Waals surface area contributed by atoms with Crippen molar-refractivity contribution in [2.24, 2.45) is 0 Å². The molecule has 1 aliphatic rings. The van der Waals surface area contributed by atoms with Crippen LogP contribution in [0.25, 0.3) is 0 Å². The maximum absolute atomic E-state index is 11.9. The Hall–Kier alpha value is -2.63. The van der Waals surface area contributed by atoms with Gasteiger partial charge in [-0.25, -0.2) is 4.79 Å². The zero-order chi connectivity index (χ0) is 28.6. The predicted octanol–water partition coefficient (Wildman–Crippen LogP) is 8.82. The third-order valence-electron chi connectivity index (χ3n) is 8.23. The van der Waals surface area contributed by atoms with Crippen LogP contribution in [0, 0.1) is 0 Å². The first-order valence-electron chi connectivity index (χ1n) is 14.4. The van der Waals surface area contributed by atoms with Crippen molar-refractivity contribution in [1.29, 1.82) is 0 Å². The van der Waals surface area contributed by atoms with Gasteiger partial charge in [0.05, 0.1) is 16.8 Å². The van der Waals surface area contributed by atoms with Crippen molar-refractivity contribution in [1.82, 2.24) is 0 Å². The van der Waals surface area contributed by atoms with E-state index in [2.05, 4.69) is 97.0 Å². The summed E-state index contributed by atoms with van der Waals surface area (Å²) in [5, 5.41) is 9.76. The van der Waals surface area contributed by atoms with E-state index in [0.717, 1.165) is 44.0 Å². The first kappa shape index (κ1) is 30.9. The standard InChI is InChI=1S/C34H47BO4/c1-25(2)13-11-14-26(3)19-21-29-23-27(20-22-31(29)32(36)37)15-12-18-30(28-16-9-8-10-17-28)24-35-38-33(4,5)34(6,7)39-35/h8-10,13,16-17,19-20,22-23,30H,11-12,14-15,18,21,24H2,1-7H3,(H,36,37). The Kier molecular flexibility index (Phi) is 10.8. The van der Waals surface area contributed by atoms with Crippen molar-refractivity contribution in [2.75, 3.05) is 0 Å². The maximum atomic E-state index is 11.9. The average molecular weight is 531 g/mol. The van der Waals surface area contributed by atoms with Crippen LogP contribution in [0.1, 0.15) is 107 Å². The number of carboxylic acid groups (broad SMARTS) is 1. The summed E-state index contributed by atoms with van der Waals surface area (Å²) in [7, 11) is -0.228. The zero-order valence-electron chi connectivity index (χ0n) is 25.0. The molecule has 1 aliphatic heterocycles. The number of carbonyl (C=O) groups is 1. The van der Waals surface area contributed by atoms with E-state index in [1.807, 2.05) is 6.07 Å². The minimum Gasteiger partial charge on any atom is -0.478 e. The molecule has 1 saturated heterocycles. The Labute approximate surface area is 236 Å². The highest BCUT2D eigenvalue weighted by molar-refractivity contribution is 6.45. The van der Waals surface area contributed by atoms with E-state index in [1.54, 1.807) is 6.07 Å². The summed E-state index contributed by atoms with van der Waals surface area (Å²) in [6.45, 7) is 14.8. The number of aromatic carboxylic acids is 1. The Morgan fingerprint density at radius 1 is 0.974 bits per heavy atom. The van der Waals surface area contributed by atoms with E-state index in [-0.39, 0.29) is 18.3 Å². The van der Waals surface area contributed by atoms with Crippen LogP contribution in [0.5, 0.6) is 0 Å². The number of hydrogen-bond donors (Lipinski definition) is 1. The zero-order valence-corrected chi connectivity index (χ0v) is 25.0. The highest BCUT2D eigenvalue weighted by atomic mass is 16.7. The fraction of sp³-hybridized carbons (Fsp3) is 0.500. The molecule has 1 heterocycles. The van der Waals surface area contributed by atoms with E-state index in [9.17, 15) is 9.90 Å². The van der Waals surface area contributed by atoms with Crippen molar-refractivity contribution >= 4 is 13.1 Å². The minimum absolute atomic E-state index is 0.228. The molecule has 1 atom stereocenters. The summed E-state index contributed by atoms with van der Waals surface area (Å²) in [6, 6.07) is 16.5. The smallest absolute Gasteiger partial charge is 0.458 e. The lowest BCUT2D eigenvalue weighted by atomic mass is 9.73. The second kappa shape index (κ2) is 13.6. The normalized spacial score (nSPS) is 17.2. The third-order valence-corrected chi connectivity index (χ3v) is 8.23. The molecule has 1 unspecified atom stereocenters. The van der Waals surface area contributed by atoms with Crippen LogP contribution in [-0.2, 0) is 22.2 Å². The molecule has 0 aromatic heterocycles. The molecule has 1 N–H and O–H groups in total. The molecule has 39 heavy (non-hydrogen) atoms. The van der Waals surface area contributed by atoms with Crippen molar-refractivity contribution in [3.05, 3.63) is 94.1 Å². The Balaban J connectivity index is 1.67. The molecule has 1 fully saturated rings. The maximum Gasteiger partial charge on any atom is 0.458 e. The molecule has 210 valence electrons. The molecule has 0 radical (unpaired) electrons. The van der Waals surface area contributed by atoms with E-state index in [1.165, 1.54) is 22.3 Å². The topological polar surface area (TPSA) is 55.8 Å². The number of hydrogen-bond acceptors (Lipinski definition) is 3. The van der Waals surface area contributed by atoms with Gasteiger partial charge >= 0.3 is 13.1 Å². The first-order valence-corrected chi connectivity index (χ1v) is 14.4. The molecule has 0 saturated carbocycles. The monoisotopic (exact) mass is 530 g/mol. The van der Waals surface area contributed by atoms with Gasteiger partial charge in [-0.1, -0.05) is 65.8 Å². The van der Waals surface area contributed by atoms with Gasteiger partial charge in [-0.05, 0) is 122 Å². The fourth-order valence-corrected chi connectivity index (χ4v) is 5.15. The third kappa shape index (κ3) is 8.94. The lowest BCUT2D eigenvalue weighted by Gasteiger charge is -2.32. The summed E-state index contributed by atoms with van der Waals surface area (Å²) in [6.07, 6.45) is 10.8. The molecule has 3 rings (SSSR count). The number of rotatable bonds is 13. The van der Waals surface area contributed by atoms with Gasteiger partial charge in [0.1, 0.15) is 0 Å². The van der Waals surface area contributed by atoms with Crippen LogP contribution in [0.3, 0.4) is 0 Å². The van der Waals surface area contributed by atoms with Gasteiger partial charge in [0.15, 0.2) is 0 Å². The average Bonchev–Trinajstić information content (AvgIpc) is 3.07. The van der Waals surface area contributed by atoms with Gasteiger partial charge < -0.3 is 14.4 Å².